The highest BCUT2D eigenvalue weighted by Gasteiger charge is 2.51. The van der Waals surface area contributed by atoms with Crippen molar-refractivity contribution in [3.8, 4) is 17.2 Å². The number of nitrogens with two attached hydrogens (primary N) is 1. The van der Waals surface area contributed by atoms with Crippen LogP contribution in [-0.4, -0.2) is 36.9 Å². The molecule has 0 bridgehead atoms. The Morgan fingerprint density at radius 1 is 1.14 bits per heavy atom. The van der Waals surface area contributed by atoms with Gasteiger partial charge >= 0.3 is 0 Å². The number of hydrogen-bond donors (Lipinski definition) is 1. The average Bonchev–Trinajstić information content (AvgIpc) is 3.39. The van der Waals surface area contributed by atoms with Crippen molar-refractivity contribution >= 4 is 28.9 Å². The Morgan fingerprint density at radius 3 is 2.61 bits per heavy atom. The Bertz CT molecular complexity index is 1370. The summed E-state index contributed by atoms with van der Waals surface area (Å²) in [6.07, 6.45) is 1.60. The molecule has 5 rings (SSSR count). The maximum Gasteiger partial charge on any atom is 0.235 e. The number of aliphatic imine (C=N–C) groups is 1. The summed E-state index contributed by atoms with van der Waals surface area (Å²) >= 11 is 1.57. The van der Waals surface area contributed by atoms with Crippen LogP contribution in [0.4, 0.5) is 10.1 Å². The predicted molar refractivity (Wildman–Crippen MR) is 141 cm³/mol. The number of guanidine groups is 1. The monoisotopic (exact) mass is 501 g/mol. The number of anilines is 1. The molecule has 2 aliphatic rings. The quantitative estimate of drug-likeness (QED) is 0.548. The number of hydrogen-bond acceptors (Lipinski definition) is 6. The van der Waals surface area contributed by atoms with Crippen molar-refractivity contribution in [2.75, 3.05) is 25.0 Å². The van der Waals surface area contributed by atoms with E-state index in [0.29, 0.717) is 5.56 Å². The predicted octanol–water partition coefficient (Wildman–Crippen LogP) is 4.96. The summed E-state index contributed by atoms with van der Waals surface area (Å²) in [5.41, 5.74) is 8.84. The van der Waals surface area contributed by atoms with Gasteiger partial charge in [0, 0.05) is 30.7 Å². The molecule has 2 N–H and O–H groups in total. The molecule has 1 aromatic heterocycles. The van der Waals surface area contributed by atoms with E-state index in [9.17, 15) is 14.4 Å². The van der Waals surface area contributed by atoms with E-state index in [-0.39, 0.29) is 29.5 Å². The van der Waals surface area contributed by atoms with Crippen LogP contribution in [0.15, 0.2) is 65.0 Å². The van der Waals surface area contributed by atoms with E-state index in [4.69, 9.17) is 10.7 Å². The SMILES string of the molecule is CN1C(=O)[C@@H](C2CCN(c3cccc(F)c3)CC2)[C@@](C)(c2cc(-c3cccc(C#N)c3)cs2)N=C1N. The second kappa shape index (κ2) is 9.40. The van der Waals surface area contributed by atoms with Gasteiger partial charge in [-0.1, -0.05) is 18.2 Å². The van der Waals surface area contributed by atoms with Gasteiger partial charge in [-0.05, 0) is 78.6 Å². The molecule has 0 spiro atoms. The van der Waals surface area contributed by atoms with Crippen LogP contribution in [0.1, 0.15) is 30.2 Å². The number of piperidine rings is 1. The van der Waals surface area contributed by atoms with Gasteiger partial charge in [-0.25, -0.2) is 9.38 Å². The van der Waals surface area contributed by atoms with Crippen LogP contribution in [0.3, 0.4) is 0 Å². The van der Waals surface area contributed by atoms with E-state index >= 15 is 0 Å². The first-order valence-corrected chi connectivity index (χ1v) is 12.9. The van der Waals surface area contributed by atoms with Crippen LogP contribution in [0.2, 0.25) is 0 Å². The molecule has 0 unspecified atom stereocenters. The fourth-order valence-corrected chi connectivity index (χ4v) is 6.56. The molecule has 3 heterocycles. The molecule has 2 aromatic carbocycles. The molecule has 2 atom stereocenters. The second-order valence-electron chi connectivity index (χ2n) is 9.69. The standard InChI is InChI=1S/C28H28FN5OS/c1-28(24-14-21(17-36-24)20-6-3-5-18(13-20)16-30)25(26(35)33(2)27(31)32-28)19-9-11-34(12-10-19)23-8-4-7-22(29)15-23/h3-8,13-15,17,19,25H,9-12H2,1-2H3,(H2,31,32)/t25-,28-/m1/s1. The topological polar surface area (TPSA) is 85.7 Å². The number of carbonyl (C=O) groups is 1. The number of rotatable bonds is 4. The van der Waals surface area contributed by atoms with E-state index in [0.717, 1.165) is 47.6 Å². The third-order valence-electron chi connectivity index (χ3n) is 7.50. The van der Waals surface area contributed by atoms with Crippen molar-refractivity contribution in [2.45, 2.75) is 25.3 Å². The highest BCUT2D eigenvalue weighted by molar-refractivity contribution is 7.10. The molecule has 8 heteroatoms. The van der Waals surface area contributed by atoms with Crippen LogP contribution >= 0.6 is 11.3 Å². The number of halogens is 1. The molecule has 0 aliphatic carbocycles. The molecule has 0 saturated carbocycles. The number of carbonyl (C=O) groups excluding carboxylic acids is 1. The molecule has 1 fully saturated rings. The van der Waals surface area contributed by atoms with Gasteiger partial charge in [-0.2, -0.15) is 5.26 Å². The van der Waals surface area contributed by atoms with E-state index in [1.54, 1.807) is 36.6 Å². The third kappa shape index (κ3) is 4.24. The van der Waals surface area contributed by atoms with E-state index in [1.165, 1.54) is 11.0 Å². The van der Waals surface area contributed by atoms with Crippen LogP contribution in [0, 0.1) is 29.0 Å². The first kappa shape index (κ1) is 24.0. The Labute approximate surface area is 214 Å². The lowest BCUT2D eigenvalue weighted by molar-refractivity contribution is -0.136. The van der Waals surface area contributed by atoms with Gasteiger partial charge in [-0.3, -0.25) is 9.69 Å². The van der Waals surface area contributed by atoms with E-state index < -0.39 is 5.54 Å². The fourth-order valence-electron chi connectivity index (χ4n) is 5.50. The van der Waals surface area contributed by atoms with Gasteiger partial charge < -0.3 is 10.6 Å². The van der Waals surface area contributed by atoms with Gasteiger partial charge in [0.25, 0.3) is 0 Å². The summed E-state index contributed by atoms with van der Waals surface area (Å²) in [5, 5.41) is 11.3. The van der Waals surface area contributed by atoms with Crippen molar-refractivity contribution < 1.29 is 9.18 Å². The molecule has 6 nitrogen and oxygen atoms in total. The summed E-state index contributed by atoms with van der Waals surface area (Å²) in [6, 6.07) is 18.4. The number of thiophene rings is 1. The largest absolute Gasteiger partial charge is 0.371 e. The molecular weight excluding hydrogens is 473 g/mol. The fraction of sp³-hybridized carbons (Fsp3) is 0.321. The molecule has 1 amide bonds. The van der Waals surface area contributed by atoms with Crippen LogP contribution in [0.25, 0.3) is 11.1 Å². The average molecular weight is 502 g/mol. The van der Waals surface area contributed by atoms with Crippen LogP contribution in [0.5, 0.6) is 0 Å². The zero-order valence-electron chi connectivity index (χ0n) is 20.3. The number of nitriles is 1. The van der Waals surface area contributed by atoms with Crippen LogP contribution < -0.4 is 10.6 Å². The van der Waals surface area contributed by atoms with Gasteiger partial charge in [0.15, 0.2) is 5.96 Å². The van der Waals surface area contributed by atoms with Gasteiger partial charge in [-0.15, -0.1) is 11.3 Å². The summed E-state index contributed by atoms with van der Waals surface area (Å²) in [7, 11) is 1.68. The van der Waals surface area contributed by atoms with E-state index in [1.807, 2.05) is 31.2 Å². The maximum atomic E-state index is 13.8. The summed E-state index contributed by atoms with van der Waals surface area (Å²) in [6.45, 7) is 3.50. The van der Waals surface area contributed by atoms with E-state index in [2.05, 4.69) is 22.4 Å². The normalized spacial score (nSPS) is 22.9. The molecule has 0 radical (unpaired) electrons. The minimum atomic E-state index is -0.797. The third-order valence-corrected chi connectivity index (χ3v) is 8.66. The lowest BCUT2D eigenvalue weighted by Gasteiger charge is -2.46. The molecule has 1 saturated heterocycles. The second-order valence-corrected chi connectivity index (χ2v) is 10.6. The highest BCUT2D eigenvalue weighted by Crippen LogP contribution is 2.47. The zero-order valence-corrected chi connectivity index (χ0v) is 21.1. The Morgan fingerprint density at radius 2 is 1.89 bits per heavy atom. The van der Waals surface area contributed by atoms with Gasteiger partial charge in [0.1, 0.15) is 11.4 Å². The minimum Gasteiger partial charge on any atom is -0.371 e. The Hall–Kier alpha value is -3.70. The first-order valence-electron chi connectivity index (χ1n) is 12.0. The lowest BCUT2D eigenvalue weighted by atomic mass is 9.70. The van der Waals surface area contributed by atoms with Crippen molar-refractivity contribution in [3.63, 3.8) is 0 Å². The number of nitrogens with zero attached hydrogens (tertiary/aromatic N) is 4. The van der Waals surface area contributed by atoms with Crippen molar-refractivity contribution in [2.24, 2.45) is 22.6 Å². The van der Waals surface area contributed by atoms with Crippen molar-refractivity contribution in [1.82, 2.24) is 4.90 Å². The van der Waals surface area contributed by atoms with Gasteiger partial charge in [0.05, 0.1) is 17.6 Å². The molecule has 184 valence electrons. The minimum absolute atomic E-state index is 0.0179. The summed E-state index contributed by atoms with van der Waals surface area (Å²) < 4.78 is 13.8. The highest BCUT2D eigenvalue weighted by atomic mass is 32.1. The Kier molecular flexibility index (Phi) is 6.27. The summed E-state index contributed by atoms with van der Waals surface area (Å²) in [5.74, 6) is -0.293. The number of amides is 1. The van der Waals surface area contributed by atoms with Gasteiger partial charge in [0.2, 0.25) is 5.91 Å². The van der Waals surface area contributed by atoms with Crippen LogP contribution in [-0.2, 0) is 10.3 Å². The van der Waals surface area contributed by atoms with Crippen molar-refractivity contribution in [3.05, 3.63) is 76.2 Å². The molecule has 2 aliphatic heterocycles. The first-order chi connectivity index (χ1) is 17.3. The molecular formula is C28H28FN5OS. The maximum absolute atomic E-state index is 13.8. The van der Waals surface area contributed by atoms with Crippen molar-refractivity contribution in [1.29, 1.82) is 5.26 Å². The molecule has 36 heavy (non-hydrogen) atoms. The summed E-state index contributed by atoms with van der Waals surface area (Å²) in [4.78, 5) is 23.2. The zero-order chi connectivity index (χ0) is 25.4. The molecule has 3 aromatic rings. The lowest BCUT2D eigenvalue weighted by Crippen LogP contribution is -2.56. The number of benzene rings is 2. The smallest absolute Gasteiger partial charge is 0.235 e. The Balaban J connectivity index is 1.45.